The monoisotopic (exact) mass is 298 g/mol. The van der Waals surface area contributed by atoms with Crippen LogP contribution in [-0.4, -0.2) is 13.1 Å². The Balaban J connectivity index is 1.94. The fourth-order valence-electron chi connectivity index (χ4n) is 2.43. The predicted molar refractivity (Wildman–Crippen MR) is 83.1 cm³/mol. The van der Waals surface area contributed by atoms with Crippen LogP contribution in [-0.2, 0) is 6.54 Å². The van der Waals surface area contributed by atoms with Crippen LogP contribution in [0.4, 0.5) is 14.9 Å². The first-order valence-electron chi connectivity index (χ1n) is 6.79. The molecule has 0 spiro atoms. The van der Waals surface area contributed by atoms with Gasteiger partial charge in [-0.15, -0.1) is 0 Å². The van der Waals surface area contributed by atoms with Crippen LogP contribution >= 0.6 is 0 Å². The molecule has 0 atom stereocenters. The molecule has 2 aromatic carbocycles. The van der Waals surface area contributed by atoms with E-state index in [1.807, 2.05) is 24.3 Å². The van der Waals surface area contributed by atoms with Crippen molar-refractivity contribution in [3.8, 4) is 5.75 Å². The Bertz CT molecular complexity index is 741. The summed E-state index contributed by atoms with van der Waals surface area (Å²) < 4.78 is 18.5. The molecular formula is C17H15FN2O2. The molecule has 0 aliphatic carbocycles. The van der Waals surface area contributed by atoms with Gasteiger partial charge >= 0.3 is 6.03 Å². The van der Waals surface area contributed by atoms with Crippen molar-refractivity contribution in [3.63, 3.8) is 0 Å². The summed E-state index contributed by atoms with van der Waals surface area (Å²) in [5.74, 6) is 0.392. The number of ether oxygens (including phenoxy) is 1. The molecule has 0 saturated heterocycles. The van der Waals surface area contributed by atoms with Gasteiger partial charge in [0.05, 0.1) is 19.3 Å². The number of hydrogen-bond donors (Lipinski definition) is 1. The second kappa shape index (κ2) is 5.52. The molecule has 1 aliphatic heterocycles. The molecule has 112 valence electrons. The molecule has 2 amide bonds. The number of benzene rings is 2. The summed E-state index contributed by atoms with van der Waals surface area (Å²) in [7, 11) is 1.60. The van der Waals surface area contributed by atoms with E-state index in [1.54, 1.807) is 18.1 Å². The standard InChI is InChI=1S/C17H15FN2O2/c1-11-15-9-13(18)5-8-16(15)20(17(21)19-11)10-12-3-6-14(22-2)7-4-12/h3-9H,1,10H2,2H3,(H,19,21). The molecule has 1 heterocycles. The molecule has 0 bridgehead atoms. The Morgan fingerprint density at radius 1 is 1.23 bits per heavy atom. The molecule has 1 N–H and O–H groups in total. The number of halogens is 1. The first-order valence-corrected chi connectivity index (χ1v) is 6.79. The van der Waals surface area contributed by atoms with E-state index in [2.05, 4.69) is 11.9 Å². The Morgan fingerprint density at radius 2 is 1.95 bits per heavy atom. The minimum absolute atomic E-state index is 0.278. The highest BCUT2D eigenvalue weighted by Gasteiger charge is 2.26. The zero-order valence-electron chi connectivity index (χ0n) is 12.1. The number of hydrogen-bond acceptors (Lipinski definition) is 2. The van der Waals surface area contributed by atoms with Gasteiger partial charge in [-0.1, -0.05) is 18.7 Å². The van der Waals surface area contributed by atoms with Gasteiger partial charge in [-0.2, -0.15) is 0 Å². The summed E-state index contributed by atoms with van der Waals surface area (Å²) in [6.07, 6.45) is 0. The van der Waals surface area contributed by atoms with Gasteiger partial charge in [0, 0.05) is 11.3 Å². The topological polar surface area (TPSA) is 41.6 Å². The van der Waals surface area contributed by atoms with E-state index in [0.717, 1.165) is 11.3 Å². The number of rotatable bonds is 3. The lowest BCUT2D eigenvalue weighted by Crippen LogP contribution is -2.42. The molecule has 4 nitrogen and oxygen atoms in total. The van der Waals surface area contributed by atoms with Gasteiger partial charge in [0.2, 0.25) is 0 Å². The molecule has 0 unspecified atom stereocenters. The van der Waals surface area contributed by atoms with Crippen LogP contribution in [0.25, 0.3) is 5.70 Å². The number of urea groups is 1. The minimum Gasteiger partial charge on any atom is -0.497 e. The lowest BCUT2D eigenvalue weighted by molar-refractivity contribution is 0.249. The zero-order chi connectivity index (χ0) is 15.7. The molecule has 0 saturated carbocycles. The van der Waals surface area contributed by atoms with Gasteiger partial charge in [0.25, 0.3) is 0 Å². The number of amides is 2. The Hall–Kier alpha value is -2.82. The van der Waals surface area contributed by atoms with E-state index in [9.17, 15) is 9.18 Å². The lowest BCUT2D eigenvalue weighted by Gasteiger charge is -2.31. The number of fused-ring (bicyclic) bond motifs is 1. The zero-order valence-corrected chi connectivity index (χ0v) is 12.1. The third-order valence-electron chi connectivity index (χ3n) is 3.58. The van der Waals surface area contributed by atoms with E-state index >= 15 is 0 Å². The van der Waals surface area contributed by atoms with Crippen LogP contribution in [0.5, 0.6) is 5.75 Å². The number of carbonyl (C=O) groups is 1. The van der Waals surface area contributed by atoms with Crippen LogP contribution in [0, 0.1) is 5.82 Å². The second-order valence-electron chi connectivity index (χ2n) is 5.00. The SMILES string of the molecule is C=C1NC(=O)N(Cc2ccc(OC)cc2)c2ccc(F)cc21. The van der Waals surface area contributed by atoms with Crippen molar-refractivity contribution < 1.29 is 13.9 Å². The highest BCUT2D eigenvalue weighted by atomic mass is 19.1. The third-order valence-corrected chi connectivity index (χ3v) is 3.58. The highest BCUT2D eigenvalue weighted by molar-refractivity contribution is 6.04. The van der Waals surface area contributed by atoms with Gasteiger partial charge in [-0.3, -0.25) is 4.90 Å². The first-order chi connectivity index (χ1) is 10.6. The van der Waals surface area contributed by atoms with Crippen LogP contribution in [0.3, 0.4) is 0 Å². The second-order valence-corrected chi connectivity index (χ2v) is 5.00. The number of anilines is 1. The fourth-order valence-corrected chi connectivity index (χ4v) is 2.43. The fraction of sp³-hybridized carbons (Fsp3) is 0.118. The minimum atomic E-state index is -0.361. The van der Waals surface area contributed by atoms with Crippen molar-refractivity contribution in [2.45, 2.75) is 6.54 Å². The van der Waals surface area contributed by atoms with E-state index in [1.165, 1.54) is 12.1 Å². The molecule has 0 aromatic heterocycles. The molecule has 2 aromatic rings. The number of nitrogens with one attached hydrogen (secondary N) is 1. The van der Waals surface area contributed by atoms with E-state index < -0.39 is 0 Å². The summed E-state index contributed by atoms with van der Waals surface area (Å²) >= 11 is 0. The summed E-state index contributed by atoms with van der Waals surface area (Å²) in [6.45, 7) is 4.15. The van der Waals surface area contributed by atoms with Crippen molar-refractivity contribution >= 4 is 17.4 Å². The highest BCUT2D eigenvalue weighted by Crippen LogP contribution is 2.31. The first kappa shape index (κ1) is 14.1. The molecule has 0 fully saturated rings. The Labute approximate surface area is 127 Å². The van der Waals surface area contributed by atoms with Crippen LogP contribution in [0.2, 0.25) is 0 Å². The third kappa shape index (κ3) is 2.53. The Morgan fingerprint density at radius 3 is 2.64 bits per heavy atom. The van der Waals surface area contributed by atoms with E-state index in [0.29, 0.717) is 23.5 Å². The molecule has 1 aliphatic rings. The van der Waals surface area contributed by atoms with E-state index in [-0.39, 0.29) is 11.8 Å². The number of carbonyl (C=O) groups excluding carboxylic acids is 1. The van der Waals surface area contributed by atoms with Crippen LogP contribution in [0.1, 0.15) is 11.1 Å². The van der Waals surface area contributed by atoms with Gasteiger partial charge in [-0.25, -0.2) is 9.18 Å². The van der Waals surface area contributed by atoms with Crippen molar-refractivity contribution in [1.82, 2.24) is 5.32 Å². The molecule has 3 rings (SSSR count). The van der Waals surface area contributed by atoms with Gasteiger partial charge in [0.15, 0.2) is 0 Å². The molecule has 22 heavy (non-hydrogen) atoms. The summed E-state index contributed by atoms with van der Waals surface area (Å²) in [5, 5.41) is 2.66. The maximum Gasteiger partial charge on any atom is 0.326 e. The summed E-state index contributed by atoms with van der Waals surface area (Å²) in [4.78, 5) is 13.8. The predicted octanol–water partition coefficient (Wildman–Crippen LogP) is 3.53. The number of nitrogens with zero attached hydrogens (tertiary/aromatic N) is 1. The van der Waals surface area contributed by atoms with Gasteiger partial charge in [-0.05, 0) is 35.9 Å². The maximum atomic E-state index is 13.4. The van der Waals surface area contributed by atoms with E-state index in [4.69, 9.17) is 4.74 Å². The molecular weight excluding hydrogens is 283 g/mol. The smallest absolute Gasteiger partial charge is 0.326 e. The summed E-state index contributed by atoms with van der Waals surface area (Å²) in [6, 6.07) is 11.5. The van der Waals surface area contributed by atoms with Crippen molar-refractivity contribution in [2.24, 2.45) is 0 Å². The normalized spacial score (nSPS) is 13.6. The quantitative estimate of drug-likeness (QED) is 0.941. The average molecular weight is 298 g/mol. The van der Waals surface area contributed by atoms with Crippen molar-refractivity contribution in [1.29, 1.82) is 0 Å². The maximum absolute atomic E-state index is 13.4. The summed E-state index contributed by atoms with van der Waals surface area (Å²) in [5.41, 5.74) is 2.59. The molecule has 0 radical (unpaired) electrons. The van der Waals surface area contributed by atoms with Crippen LogP contribution < -0.4 is 15.0 Å². The van der Waals surface area contributed by atoms with Crippen molar-refractivity contribution in [3.05, 3.63) is 66.0 Å². The van der Waals surface area contributed by atoms with Gasteiger partial charge < -0.3 is 10.1 Å². The lowest BCUT2D eigenvalue weighted by atomic mass is 10.1. The average Bonchev–Trinajstić information content (AvgIpc) is 2.52. The number of methoxy groups -OCH3 is 1. The van der Waals surface area contributed by atoms with Crippen molar-refractivity contribution in [2.75, 3.05) is 12.0 Å². The van der Waals surface area contributed by atoms with Crippen LogP contribution in [0.15, 0.2) is 49.0 Å². The Kier molecular flexibility index (Phi) is 3.55. The largest absolute Gasteiger partial charge is 0.497 e. The molecule has 5 heteroatoms. The van der Waals surface area contributed by atoms with Gasteiger partial charge in [0.1, 0.15) is 11.6 Å².